The summed E-state index contributed by atoms with van der Waals surface area (Å²) in [6.45, 7) is 7.44. The Kier molecular flexibility index (Phi) is 8.65. The highest BCUT2D eigenvalue weighted by Crippen LogP contribution is 2.23. The van der Waals surface area contributed by atoms with Gasteiger partial charge in [0.05, 0.1) is 19.3 Å². The molecule has 23 heavy (non-hydrogen) atoms. The lowest BCUT2D eigenvalue weighted by molar-refractivity contribution is 0.395. The summed E-state index contributed by atoms with van der Waals surface area (Å²) in [6, 6.07) is 5.81. The number of guanidine groups is 1. The van der Waals surface area contributed by atoms with Gasteiger partial charge in [-0.1, -0.05) is 19.9 Å². The average Bonchev–Trinajstić information content (AvgIpc) is 2.95. The summed E-state index contributed by atoms with van der Waals surface area (Å²) in [5.74, 6) is 3.16. The molecule has 2 rings (SSSR count). The summed E-state index contributed by atoms with van der Waals surface area (Å²) in [5.41, 5.74) is 0.957. The van der Waals surface area contributed by atoms with E-state index < -0.39 is 0 Å². The molecule has 0 spiro atoms. The predicted molar refractivity (Wildman–Crippen MR) is 106 cm³/mol. The molecule has 0 aromatic carbocycles. The third kappa shape index (κ3) is 6.16. The van der Waals surface area contributed by atoms with Crippen molar-refractivity contribution in [1.29, 1.82) is 0 Å². The van der Waals surface area contributed by atoms with E-state index >= 15 is 0 Å². The minimum atomic E-state index is 0. The molecule has 1 unspecified atom stereocenters. The van der Waals surface area contributed by atoms with Crippen molar-refractivity contribution in [3.05, 3.63) is 23.9 Å². The minimum absolute atomic E-state index is 0. The first-order chi connectivity index (χ1) is 10.6. The normalized spacial score (nSPS) is 18.0. The van der Waals surface area contributed by atoms with Gasteiger partial charge in [0.2, 0.25) is 5.88 Å². The van der Waals surface area contributed by atoms with Gasteiger partial charge < -0.3 is 15.0 Å². The van der Waals surface area contributed by atoms with Gasteiger partial charge in [0, 0.05) is 26.2 Å². The van der Waals surface area contributed by atoms with Crippen LogP contribution in [0, 0.1) is 11.8 Å². The molecule has 0 aliphatic carbocycles. The third-order valence-corrected chi connectivity index (χ3v) is 4.02. The number of nitrogens with one attached hydrogen (secondary N) is 1. The van der Waals surface area contributed by atoms with Gasteiger partial charge in [-0.15, -0.1) is 24.0 Å². The van der Waals surface area contributed by atoms with Crippen LogP contribution in [0.3, 0.4) is 0 Å². The number of nitrogens with zero attached hydrogens (tertiary/aromatic N) is 3. The lowest BCUT2D eigenvalue weighted by atomic mass is 9.97. The van der Waals surface area contributed by atoms with Gasteiger partial charge in [-0.05, 0) is 30.7 Å². The molecule has 1 N–H and O–H groups in total. The Morgan fingerprint density at radius 2 is 2.26 bits per heavy atom. The van der Waals surface area contributed by atoms with E-state index in [2.05, 4.69) is 34.0 Å². The molecule has 1 aromatic heterocycles. The molecule has 1 aliphatic rings. The maximum atomic E-state index is 5.16. The Hall–Kier alpha value is -1.05. The van der Waals surface area contributed by atoms with Crippen molar-refractivity contribution in [2.24, 2.45) is 16.8 Å². The van der Waals surface area contributed by atoms with E-state index in [4.69, 9.17) is 4.74 Å². The van der Waals surface area contributed by atoms with Crippen LogP contribution in [0.1, 0.15) is 32.4 Å². The van der Waals surface area contributed by atoms with Gasteiger partial charge >= 0.3 is 0 Å². The number of rotatable bonds is 5. The van der Waals surface area contributed by atoms with Gasteiger partial charge in [0.15, 0.2) is 5.96 Å². The van der Waals surface area contributed by atoms with Crippen molar-refractivity contribution in [1.82, 2.24) is 15.2 Å². The van der Waals surface area contributed by atoms with Crippen LogP contribution in [-0.2, 0) is 6.54 Å². The number of aromatic nitrogens is 1. The third-order valence-electron chi connectivity index (χ3n) is 4.02. The fourth-order valence-corrected chi connectivity index (χ4v) is 3.06. The zero-order valence-electron chi connectivity index (χ0n) is 14.6. The number of likely N-dealkylation sites (tertiary alicyclic amines) is 1. The van der Waals surface area contributed by atoms with Gasteiger partial charge in [-0.25, -0.2) is 4.98 Å². The highest BCUT2D eigenvalue weighted by Gasteiger charge is 2.25. The second kappa shape index (κ2) is 9.95. The molecule has 0 amide bonds. The van der Waals surface area contributed by atoms with Crippen molar-refractivity contribution in [3.63, 3.8) is 0 Å². The monoisotopic (exact) mass is 432 g/mol. The number of aliphatic imine (C=N–C) groups is 1. The van der Waals surface area contributed by atoms with E-state index in [9.17, 15) is 0 Å². The van der Waals surface area contributed by atoms with Gasteiger partial charge in [0.25, 0.3) is 0 Å². The predicted octanol–water partition coefficient (Wildman–Crippen LogP) is 3.15. The van der Waals surface area contributed by atoms with Crippen LogP contribution >= 0.6 is 24.0 Å². The van der Waals surface area contributed by atoms with Crippen LogP contribution in [0.25, 0.3) is 0 Å². The smallest absolute Gasteiger partial charge is 0.213 e. The standard InChI is InChI=1S/C17H28N4O.HI/c1-13(2)10-14-8-9-21(12-14)17(18-3)19-11-15-6-5-7-16(20-15)22-4;/h5-7,13-14H,8-12H2,1-4H3,(H,18,19);1H. The molecule has 6 heteroatoms. The van der Waals surface area contributed by atoms with Crippen LogP contribution in [0.5, 0.6) is 5.88 Å². The Morgan fingerprint density at radius 1 is 1.48 bits per heavy atom. The molecule has 1 saturated heterocycles. The first-order valence-corrected chi connectivity index (χ1v) is 8.08. The Morgan fingerprint density at radius 3 is 2.91 bits per heavy atom. The summed E-state index contributed by atoms with van der Waals surface area (Å²) < 4.78 is 5.16. The number of hydrogen-bond donors (Lipinski definition) is 1. The summed E-state index contributed by atoms with van der Waals surface area (Å²) in [6.07, 6.45) is 2.56. The Labute approximate surface area is 156 Å². The quantitative estimate of drug-likeness (QED) is 0.441. The average molecular weight is 432 g/mol. The number of methoxy groups -OCH3 is 1. The number of hydrogen-bond acceptors (Lipinski definition) is 3. The lowest BCUT2D eigenvalue weighted by Crippen LogP contribution is -2.39. The van der Waals surface area contributed by atoms with Gasteiger partial charge in [0.1, 0.15) is 0 Å². The fourth-order valence-electron chi connectivity index (χ4n) is 3.06. The largest absolute Gasteiger partial charge is 0.481 e. The van der Waals surface area contributed by atoms with Crippen molar-refractivity contribution in [2.75, 3.05) is 27.2 Å². The summed E-state index contributed by atoms with van der Waals surface area (Å²) >= 11 is 0. The molecule has 0 bridgehead atoms. The van der Waals surface area contributed by atoms with E-state index in [0.29, 0.717) is 12.4 Å². The molecule has 5 nitrogen and oxygen atoms in total. The number of pyridine rings is 1. The SMILES string of the molecule is CN=C(NCc1cccc(OC)n1)N1CCC(CC(C)C)C1.I. The van der Waals surface area contributed by atoms with E-state index in [1.165, 1.54) is 12.8 Å². The van der Waals surface area contributed by atoms with Gasteiger partial charge in [-0.3, -0.25) is 4.99 Å². The summed E-state index contributed by atoms with van der Waals surface area (Å²) in [4.78, 5) is 11.2. The first kappa shape index (κ1) is 20.0. The van der Waals surface area contributed by atoms with E-state index in [-0.39, 0.29) is 24.0 Å². The van der Waals surface area contributed by atoms with E-state index in [0.717, 1.165) is 36.6 Å². The summed E-state index contributed by atoms with van der Waals surface area (Å²) in [7, 11) is 3.48. The molecule has 1 aliphatic heterocycles. The number of ether oxygens (including phenoxy) is 1. The van der Waals surface area contributed by atoms with Crippen molar-refractivity contribution in [2.45, 2.75) is 33.2 Å². The van der Waals surface area contributed by atoms with Crippen molar-refractivity contribution < 1.29 is 4.74 Å². The maximum absolute atomic E-state index is 5.16. The number of halogens is 1. The molecule has 2 heterocycles. The van der Waals surface area contributed by atoms with E-state index in [1.54, 1.807) is 7.11 Å². The lowest BCUT2D eigenvalue weighted by Gasteiger charge is -2.22. The van der Waals surface area contributed by atoms with Crippen LogP contribution < -0.4 is 10.1 Å². The van der Waals surface area contributed by atoms with Crippen LogP contribution in [0.4, 0.5) is 0 Å². The van der Waals surface area contributed by atoms with Crippen LogP contribution in [-0.4, -0.2) is 43.1 Å². The van der Waals surface area contributed by atoms with Crippen LogP contribution in [0.15, 0.2) is 23.2 Å². The fraction of sp³-hybridized carbons (Fsp3) is 0.647. The Bertz CT molecular complexity index is 507. The zero-order chi connectivity index (χ0) is 15.9. The molecule has 1 aromatic rings. The molecular formula is C17H29IN4O. The zero-order valence-corrected chi connectivity index (χ0v) is 16.9. The highest BCUT2D eigenvalue weighted by molar-refractivity contribution is 14.0. The second-order valence-electron chi connectivity index (χ2n) is 6.30. The molecule has 1 atom stereocenters. The molecule has 130 valence electrons. The van der Waals surface area contributed by atoms with Gasteiger partial charge in [-0.2, -0.15) is 0 Å². The maximum Gasteiger partial charge on any atom is 0.213 e. The van der Waals surface area contributed by atoms with Crippen molar-refractivity contribution in [3.8, 4) is 5.88 Å². The van der Waals surface area contributed by atoms with Crippen LogP contribution in [0.2, 0.25) is 0 Å². The summed E-state index contributed by atoms with van der Waals surface area (Å²) in [5, 5.41) is 3.41. The minimum Gasteiger partial charge on any atom is -0.481 e. The van der Waals surface area contributed by atoms with E-state index in [1.807, 2.05) is 25.2 Å². The molecule has 1 fully saturated rings. The second-order valence-corrected chi connectivity index (χ2v) is 6.30. The van der Waals surface area contributed by atoms with Crippen molar-refractivity contribution >= 4 is 29.9 Å². The Balaban J connectivity index is 0.00000264. The molecular weight excluding hydrogens is 403 g/mol. The topological polar surface area (TPSA) is 49.8 Å². The molecule has 0 saturated carbocycles. The first-order valence-electron chi connectivity index (χ1n) is 8.08. The molecule has 0 radical (unpaired) electrons. The highest BCUT2D eigenvalue weighted by atomic mass is 127.